The molecular weight excluding hydrogens is 465 g/mol. The van der Waals surface area contributed by atoms with Gasteiger partial charge in [-0.2, -0.15) is 4.99 Å². The Morgan fingerprint density at radius 3 is 2.70 bits per heavy atom. The Morgan fingerprint density at radius 1 is 1.17 bits per heavy atom. The second kappa shape index (κ2) is 8.47. The number of aliphatic imine (C=N–C) groups is 1. The van der Waals surface area contributed by atoms with Crippen LogP contribution in [0.2, 0.25) is 15.1 Å². The number of hydrogen-bond donors (Lipinski definition) is 1. The molecule has 0 aromatic heterocycles. The van der Waals surface area contributed by atoms with Crippen molar-refractivity contribution in [2.45, 2.75) is 13.5 Å². The van der Waals surface area contributed by atoms with Crippen LogP contribution in [0.4, 0.5) is 0 Å². The number of ether oxygens (including phenoxy) is 1. The first-order valence-corrected chi connectivity index (χ1v) is 10.8. The number of allylic oxidation sites excluding steroid dienone is 1. The van der Waals surface area contributed by atoms with E-state index in [2.05, 4.69) is 4.99 Å². The largest absolute Gasteiger partial charge is 0.487 e. The van der Waals surface area contributed by atoms with E-state index in [0.29, 0.717) is 31.5 Å². The summed E-state index contributed by atoms with van der Waals surface area (Å²) in [6, 6.07) is 10.3. The maximum Gasteiger partial charge on any atom is 0.283 e. The van der Waals surface area contributed by atoms with Crippen LogP contribution in [-0.2, 0) is 11.4 Å². The Kier molecular flexibility index (Phi) is 5.93. The van der Waals surface area contributed by atoms with E-state index in [4.69, 9.17) is 44.9 Å². The number of halogens is 3. The molecule has 0 saturated heterocycles. The molecule has 1 N–H and O–H groups in total. The number of benzene rings is 2. The van der Waals surface area contributed by atoms with Gasteiger partial charge in [-0.25, -0.2) is 0 Å². The number of thioether (sulfide) groups is 1. The molecule has 9 heteroatoms. The number of carbonyl (C=O) groups excluding carboxylic acids is 1. The summed E-state index contributed by atoms with van der Waals surface area (Å²) >= 11 is 19.8. The van der Waals surface area contributed by atoms with Gasteiger partial charge in [0.1, 0.15) is 18.2 Å². The second-order valence-corrected chi connectivity index (χ2v) is 8.62. The fraction of sp³-hybridized carbons (Fsp3) is 0.0952. The molecular formula is C21H14Cl3N3O2S. The average Bonchev–Trinajstić information content (AvgIpc) is 3.06. The summed E-state index contributed by atoms with van der Waals surface area (Å²) in [6.07, 6.45) is 1.60. The van der Waals surface area contributed by atoms with Crippen molar-refractivity contribution >= 4 is 69.6 Å². The maximum atomic E-state index is 12.4. The molecule has 0 bridgehead atoms. The predicted octanol–water partition coefficient (Wildman–Crippen LogP) is 6.39. The molecule has 0 radical (unpaired) electrons. The Bertz CT molecular complexity index is 1170. The third-order valence-electron chi connectivity index (χ3n) is 4.45. The first-order valence-electron chi connectivity index (χ1n) is 8.77. The fourth-order valence-corrected chi connectivity index (χ4v) is 4.49. The zero-order chi connectivity index (χ0) is 21.4. The normalized spacial score (nSPS) is 17.2. The monoisotopic (exact) mass is 477 g/mol. The zero-order valence-electron chi connectivity index (χ0n) is 15.6. The van der Waals surface area contributed by atoms with Crippen molar-refractivity contribution in [2.75, 3.05) is 0 Å². The Hall–Kier alpha value is -2.25. The molecule has 30 heavy (non-hydrogen) atoms. The number of amides is 1. The molecule has 2 aliphatic rings. The highest BCUT2D eigenvalue weighted by atomic mass is 35.5. The van der Waals surface area contributed by atoms with Crippen molar-refractivity contribution in [3.63, 3.8) is 0 Å². The Labute approximate surface area is 192 Å². The summed E-state index contributed by atoms with van der Waals surface area (Å²) in [7, 11) is 0. The highest BCUT2D eigenvalue weighted by Crippen LogP contribution is 2.33. The van der Waals surface area contributed by atoms with Crippen LogP contribution in [0.3, 0.4) is 0 Å². The molecule has 0 aliphatic carbocycles. The van der Waals surface area contributed by atoms with Crippen LogP contribution in [-0.4, -0.2) is 21.8 Å². The van der Waals surface area contributed by atoms with Gasteiger partial charge in [0.15, 0.2) is 5.17 Å². The summed E-state index contributed by atoms with van der Waals surface area (Å²) in [5.41, 5.74) is 2.50. The number of amidine groups is 2. The number of hydrogen-bond acceptors (Lipinski definition) is 4. The van der Waals surface area contributed by atoms with E-state index < -0.39 is 5.91 Å². The van der Waals surface area contributed by atoms with Gasteiger partial charge in [0, 0.05) is 21.3 Å². The van der Waals surface area contributed by atoms with E-state index in [1.165, 1.54) is 11.8 Å². The van der Waals surface area contributed by atoms with Gasteiger partial charge < -0.3 is 4.74 Å². The number of carbonyl (C=O) groups is 1. The first-order chi connectivity index (χ1) is 14.3. The lowest BCUT2D eigenvalue weighted by Crippen LogP contribution is -2.37. The van der Waals surface area contributed by atoms with Crippen LogP contribution in [0.15, 0.2) is 58.1 Å². The van der Waals surface area contributed by atoms with Gasteiger partial charge in [-0.15, -0.1) is 0 Å². The van der Waals surface area contributed by atoms with Crippen LogP contribution < -0.4 is 4.74 Å². The zero-order valence-corrected chi connectivity index (χ0v) is 18.7. The van der Waals surface area contributed by atoms with Crippen molar-refractivity contribution in [2.24, 2.45) is 4.99 Å². The van der Waals surface area contributed by atoms with Crippen molar-refractivity contribution in [1.82, 2.24) is 4.90 Å². The number of rotatable bonds is 4. The second-order valence-electron chi connectivity index (χ2n) is 6.53. The van der Waals surface area contributed by atoms with Crippen molar-refractivity contribution in [1.29, 1.82) is 5.41 Å². The third kappa shape index (κ3) is 4.14. The molecule has 0 spiro atoms. The highest BCUT2D eigenvalue weighted by Gasteiger charge is 2.33. The molecule has 2 aromatic rings. The van der Waals surface area contributed by atoms with Gasteiger partial charge in [-0.3, -0.25) is 15.1 Å². The highest BCUT2D eigenvalue weighted by molar-refractivity contribution is 8.16. The van der Waals surface area contributed by atoms with E-state index in [0.717, 1.165) is 11.3 Å². The summed E-state index contributed by atoms with van der Waals surface area (Å²) in [4.78, 5) is 18.1. The minimum absolute atomic E-state index is 0.0950. The average molecular weight is 479 g/mol. The van der Waals surface area contributed by atoms with Crippen LogP contribution in [0.1, 0.15) is 18.1 Å². The quantitative estimate of drug-likeness (QED) is 0.517. The molecule has 5 nitrogen and oxygen atoms in total. The fourth-order valence-electron chi connectivity index (χ4n) is 2.93. The summed E-state index contributed by atoms with van der Waals surface area (Å²) in [5.74, 6) is 0.123. The maximum absolute atomic E-state index is 12.4. The predicted molar refractivity (Wildman–Crippen MR) is 124 cm³/mol. The van der Waals surface area contributed by atoms with Crippen LogP contribution in [0.25, 0.3) is 6.08 Å². The first kappa shape index (κ1) is 21.0. The smallest absolute Gasteiger partial charge is 0.283 e. The summed E-state index contributed by atoms with van der Waals surface area (Å²) in [6.45, 7) is 2.10. The van der Waals surface area contributed by atoms with E-state index >= 15 is 0 Å². The minimum atomic E-state index is -0.448. The summed E-state index contributed by atoms with van der Waals surface area (Å²) in [5, 5.41) is 12.2. The van der Waals surface area contributed by atoms with Crippen LogP contribution in [0, 0.1) is 5.41 Å². The summed E-state index contributed by atoms with van der Waals surface area (Å²) < 4.78 is 5.77. The molecule has 2 aliphatic heterocycles. The van der Waals surface area contributed by atoms with Crippen molar-refractivity contribution in [3.8, 4) is 5.75 Å². The lowest BCUT2D eigenvalue weighted by Gasteiger charge is -2.25. The molecule has 0 atom stereocenters. The molecule has 4 rings (SSSR count). The standard InChI is InChI=1S/C21H14Cl3N3O2S/c1-11-10-30-21-26-20(28)15(19(25)27(11)21)6-12-2-5-18(17(24)7-12)29-9-13-3-4-14(22)8-16(13)23/h2-8,10,25H,9H2,1H3/b15-6-,25-19?. The third-order valence-corrected chi connectivity index (χ3v) is 6.28. The van der Waals surface area contributed by atoms with Gasteiger partial charge in [0.05, 0.1) is 10.6 Å². The van der Waals surface area contributed by atoms with Gasteiger partial charge in [0.25, 0.3) is 5.91 Å². The lowest BCUT2D eigenvalue weighted by molar-refractivity contribution is -0.114. The van der Waals surface area contributed by atoms with Gasteiger partial charge >= 0.3 is 0 Å². The lowest BCUT2D eigenvalue weighted by atomic mass is 10.1. The molecule has 0 fully saturated rings. The van der Waals surface area contributed by atoms with E-state index in [1.807, 2.05) is 12.3 Å². The topological polar surface area (TPSA) is 65.8 Å². The van der Waals surface area contributed by atoms with E-state index in [-0.39, 0.29) is 18.0 Å². The van der Waals surface area contributed by atoms with E-state index in [9.17, 15) is 4.79 Å². The minimum Gasteiger partial charge on any atom is -0.487 e. The number of fused-ring (bicyclic) bond motifs is 1. The molecule has 0 unspecified atom stereocenters. The Balaban J connectivity index is 1.54. The van der Waals surface area contributed by atoms with Gasteiger partial charge in [-0.1, -0.05) is 58.7 Å². The number of nitrogens with zero attached hydrogens (tertiary/aromatic N) is 2. The molecule has 1 amide bonds. The van der Waals surface area contributed by atoms with Crippen molar-refractivity contribution < 1.29 is 9.53 Å². The van der Waals surface area contributed by atoms with Crippen molar-refractivity contribution in [3.05, 3.63) is 79.3 Å². The SMILES string of the molecule is CC1=CSC2=NC(=O)/C(=C\c3ccc(OCc4ccc(Cl)cc4Cl)c(Cl)c3)C(=N)N12. The molecule has 2 heterocycles. The van der Waals surface area contributed by atoms with Crippen LogP contribution in [0.5, 0.6) is 5.75 Å². The van der Waals surface area contributed by atoms with Gasteiger partial charge in [0.2, 0.25) is 0 Å². The van der Waals surface area contributed by atoms with Gasteiger partial charge in [-0.05, 0) is 48.2 Å². The Morgan fingerprint density at radius 2 is 1.97 bits per heavy atom. The molecule has 2 aromatic carbocycles. The van der Waals surface area contributed by atoms with Crippen LogP contribution >= 0.6 is 46.6 Å². The molecule has 152 valence electrons. The molecule has 0 saturated carbocycles. The number of nitrogens with one attached hydrogen (secondary N) is 1. The van der Waals surface area contributed by atoms with E-state index in [1.54, 1.807) is 47.4 Å².